The predicted molar refractivity (Wildman–Crippen MR) is 106 cm³/mol. The molecular formula is C22H24N2O3. The Kier molecular flexibility index (Phi) is 5.31. The second kappa shape index (κ2) is 7.66. The van der Waals surface area contributed by atoms with Crippen LogP contribution in [-0.4, -0.2) is 29.9 Å². The lowest BCUT2D eigenvalue weighted by atomic mass is 10.0. The Labute approximate surface area is 159 Å². The Morgan fingerprint density at radius 2 is 1.63 bits per heavy atom. The molecule has 1 aliphatic rings. The van der Waals surface area contributed by atoms with E-state index in [0.29, 0.717) is 30.0 Å². The molecule has 0 aliphatic carbocycles. The Bertz CT molecular complexity index is 914. The third-order valence-electron chi connectivity index (χ3n) is 4.71. The topological polar surface area (TPSA) is 58.6 Å². The molecule has 0 radical (unpaired) electrons. The van der Waals surface area contributed by atoms with Crippen LogP contribution in [0, 0.1) is 13.8 Å². The molecule has 1 aliphatic heterocycles. The summed E-state index contributed by atoms with van der Waals surface area (Å²) >= 11 is 0. The van der Waals surface area contributed by atoms with Gasteiger partial charge in [0.15, 0.2) is 0 Å². The maximum absolute atomic E-state index is 12.9. The van der Waals surface area contributed by atoms with Crippen molar-refractivity contribution in [1.82, 2.24) is 4.90 Å². The van der Waals surface area contributed by atoms with Crippen LogP contribution >= 0.6 is 0 Å². The summed E-state index contributed by atoms with van der Waals surface area (Å²) in [5.41, 5.74) is 4.48. The van der Waals surface area contributed by atoms with Gasteiger partial charge in [-0.1, -0.05) is 18.2 Å². The molecule has 2 amide bonds. The van der Waals surface area contributed by atoms with E-state index >= 15 is 0 Å². The molecule has 27 heavy (non-hydrogen) atoms. The molecule has 2 aromatic rings. The summed E-state index contributed by atoms with van der Waals surface area (Å²) in [7, 11) is 0. The van der Waals surface area contributed by atoms with Crippen molar-refractivity contribution < 1.29 is 14.3 Å². The van der Waals surface area contributed by atoms with Gasteiger partial charge in [0, 0.05) is 12.2 Å². The van der Waals surface area contributed by atoms with E-state index in [1.54, 1.807) is 6.92 Å². The van der Waals surface area contributed by atoms with Crippen LogP contribution in [0.1, 0.15) is 30.5 Å². The zero-order valence-corrected chi connectivity index (χ0v) is 16.1. The molecule has 0 bridgehead atoms. The first kappa shape index (κ1) is 18.7. The Morgan fingerprint density at radius 1 is 0.926 bits per heavy atom. The fraction of sp³-hybridized carbons (Fsp3) is 0.273. The number of hydrogen-bond acceptors (Lipinski definition) is 4. The van der Waals surface area contributed by atoms with Gasteiger partial charge in [0.25, 0.3) is 11.8 Å². The molecule has 0 fully saturated rings. The normalized spacial score (nSPS) is 14.1. The van der Waals surface area contributed by atoms with Crippen molar-refractivity contribution in [2.24, 2.45) is 0 Å². The van der Waals surface area contributed by atoms with Crippen molar-refractivity contribution in [3.05, 3.63) is 64.9 Å². The van der Waals surface area contributed by atoms with Crippen molar-refractivity contribution in [3.63, 3.8) is 0 Å². The Hall–Kier alpha value is -3.08. The molecule has 140 valence electrons. The summed E-state index contributed by atoms with van der Waals surface area (Å²) in [6, 6.07) is 13.1. The molecule has 5 nitrogen and oxygen atoms in total. The van der Waals surface area contributed by atoms with E-state index in [1.165, 1.54) is 10.5 Å². The van der Waals surface area contributed by atoms with Crippen LogP contribution in [0.25, 0.3) is 5.57 Å². The van der Waals surface area contributed by atoms with E-state index in [0.717, 1.165) is 17.0 Å². The first-order valence-corrected chi connectivity index (χ1v) is 9.14. The van der Waals surface area contributed by atoms with Gasteiger partial charge in [0.2, 0.25) is 0 Å². The predicted octanol–water partition coefficient (Wildman–Crippen LogP) is 3.91. The van der Waals surface area contributed by atoms with Crippen molar-refractivity contribution in [3.8, 4) is 5.75 Å². The van der Waals surface area contributed by atoms with Crippen LogP contribution < -0.4 is 10.1 Å². The molecule has 0 spiro atoms. The first-order valence-electron chi connectivity index (χ1n) is 9.14. The quantitative estimate of drug-likeness (QED) is 0.790. The summed E-state index contributed by atoms with van der Waals surface area (Å²) in [6.45, 7) is 8.67. The molecule has 0 saturated carbocycles. The number of likely N-dealkylation sites (N-methyl/N-ethyl adjacent to an activating group) is 1. The standard InChI is InChI=1S/C22H24N2O3/c1-5-24-21(25)19(16-8-11-18(12-9-16)27-6-2)20(22(24)26)23-17-10-7-14(3)15(4)13-17/h7-13,23H,5-6H2,1-4H3. The van der Waals surface area contributed by atoms with E-state index in [9.17, 15) is 9.59 Å². The lowest BCUT2D eigenvalue weighted by Crippen LogP contribution is -2.32. The SMILES string of the molecule is CCOc1ccc(C2=C(Nc3ccc(C)c(C)c3)C(=O)N(CC)C2=O)cc1. The number of benzene rings is 2. The van der Waals surface area contributed by atoms with Gasteiger partial charge in [0.05, 0.1) is 12.2 Å². The number of rotatable bonds is 6. The van der Waals surface area contributed by atoms with Gasteiger partial charge in [0.1, 0.15) is 11.4 Å². The summed E-state index contributed by atoms with van der Waals surface area (Å²) in [5, 5.41) is 3.18. The second-order valence-corrected chi connectivity index (χ2v) is 6.49. The highest BCUT2D eigenvalue weighted by atomic mass is 16.5. The van der Waals surface area contributed by atoms with Crippen LogP contribution in [0.15, 0.2) is 48.2 Å². The van der Waals surface area contributed by atoms with E-state index in [4.69, 9.17) is 4.74 Å². The van der Waals surface area contributed by atoms with Crippen molar-refractivity contribution in [2.45, 2.75) is 27.7 Å². The van der Waals surface area contributed by atoms with Crippen LogP contribution in [0.2, 0.25) is 0 Å². The van der Waals surface area contributed by atoms with Crippen LogP contribution in [0.3, 0.4) is 0 Å². The maximum Gasteiger partial charge on any atom is 0.278 e. The third kappa shape index (κ3) is 3.58. The van der Waals surface area contributed by atoms with Crippen molar-refractivity contribution >= 4 is 23.1 Å². The number of carbonyl (C=O) groups is 2. The number of hydrogen-bond donors (Lipinski definition) is 1. The fourth-order valence-corrected chi connectivity index (χ4v) is 3.10. The number of carbonyl (C=O) groups excluding carboxylic acids is 2. The van der Waals surface area contributed by atoms with Gasteiger partial charge in [-0.3, -0.25) is 14.5 Å². The molecule has 0 aromatic heterocycles. The van der Waals surface area contributed by atoms with Crippen molar-refractivity contribution in [1.29, 1.82) is 0 Å². The molecule has 1 heterocycles. The first-order chi connectivity index (χ1) is 13.0. The van der Waals surface area contributed by atoms with Crippen molar-refractivity contribution in [2.75, 3.05) is 18.5 Å². The van der Waals surface area contributed by atoms with Gasteiger partial charge < -0.3 is 10.1 Å². The summed E-state index contributed by atoms with van der Waals surface area (Å²) < 4.78 is 5.47. The fourth-order valence-electron chi connectivity index (χ4n) is 3.10. The molecule has 2 aromatic carbocycles. The zero-order valence-electron chi connectivity index (χ0n) is 16.1. The number of ether oxygens (including phenoxy) is 1. The van der Waals surface area contributed by atoms with Gasteiger partial charge in [-0.2, -0.15) is 0 Å². The number of amides is 2. The minimum absolute atomic E-state index is 0.280. The molecular weight excluding hydrogens is 340 g/mol. The van der Waals surface area contributed by atoms with E-state index in [-0.39, 0.29) is 11.8 Å². The highest BCUT2D eigenvalue weighted by molar-refractivity contribution is 6.36. The van der Waals surface area contributed by atoms with E-state index in [1.807, 2.05) is 63.2 Å². The lowest BCUT2D eigenvalue weighted by Gasteiger charge is -2.12. The zero-order chi connectivity index (χ0) is 19.6. The molecule has 5 heteroatoms. The number of anilines is 1. The third-order valence-corrected chi connectivity index (χ3v) is 4.71. The van der Waals surface area contributed by atoms with Crippen LogP contribution in [0.5, 0.6) is 5.75 Å². The average Bonchev–Trinajstić information content (AvgIpc) is 2.89. The molecule has 0 atom stereocenters. The van der Waals surface area contributed by atoms with Gasteiger partial charge in [-0.05, 0) is 68.7 Å². The lowest BCUT2D eigenvalue weighted by molar-refractivity contribution is -0.136. The minimum Gasteiger partial charge on any atom is -0.494 e. The van der Waals surface area contributed by atoms with Gasteiger partial charge in [-0.25, -0.2) is 0 Å². The highest BCUT2D eigenvalue weighted by Crippen LogP contribution is 2.31. The van der Waals surface area contributed by atoms with Gasteiger partial charge in [-0.15, -0.1) is 0 Å². The summed E-state index contributed by atoms with van der Waals surface area (Å²) in [6.07, 6.45) is 0. The molecule has 0 saturated heterocycles. The summed E-state index contributed by atoms with van der Waals surface area (Å²) in [4.78, 5) is 26.9. The number of nitrogens with one attached hydrogen (secondary N) is 1. The molecule has 0 unspecified atom stereocenters. The summed E-state index contributed by atoms with van der Waals surface area (Å²) in [5.74, 6) is 0.150. The molecule has 3 rings (SSSR count). The minimum atomic E-state index is -0.301. The van der Waals surface area contributed by atoms with E-state index < -0.39 is 0 Å². The number of aryl methyl sites for hydroxylation is 2. The molecule has 1 N–H and O–H groups in total. The monoisotopic (exact) mass is 364 g/mol. The second-order valence-electron chi connectivity index (χ2n) is 6.49. The average molecular weight is 364 g/mol. The Balaban J connectivity index is 2.03. The Morgan fingerprint density at radius 3 is 2.22 bits per heavy atom. The van der Waals surface area contributed by atoms with Crippen LogP contribution in [-0.2, 0) is 9.59 Å². The largest absolute Gasteiger partial charge is 0.494 e. The van der Waals surface area contributed by atoms with E-state index in [2.05, 4.69) is 5.32 Å². The smallest absolute Gasteiger partial charge is 0.278 e. The maximum atomic E-state index is 12.9. The van der Waals surface area contributed by atoms with Crippen LogP contribution in [0.4, 0.5) is 5.69 Å². The number of imide groups is 1. The van der Waals surface area contributed by atoms with Gasteiger partial charge >= 0.3 is 0 Å². The highest BCUT2D eigenvalue weighted by Gasteiger charge is 2.38. The number of nitrogens with zero attached hydrogens (tertiary/aromatic N) is 1.